The number of aliphatic carboxylic acids is 1. The van der Waals surface area contributed by atoms with Crippen LogP contribution in [0.5, 0.6) is 0 Å². The Kier molecular flexibility index (Phi) is 13.5. The number of nitrogens with two attached hydrogens (primary N) is 3. The van der Waals surface area contributed by atoms with E-state index in [1.807, 2.05) is 12.2 Å². The highest BCUT2D eigenvalue weighted by atomic mass is 16.4. The third kappa shape index (κ3) is 10.4. The van der Waals surface area contributed by atoms with E-state index < -0.39 is 61.1 Å². The molecule has 0 rings (SSSR count). The number of aliphatic imine (C=N–C) groups is 1. The van der Waals surface area contributed by atoms with Crippen LogP contribution in [-0.2, 0) is 19.2 Å². The molecule has 32 heavy (non-hydrogen) atoms. The molecule has 184 valence electrons. The Morgan fingerprint density at radius 2 is 1.41 bits per heavy atom. The number of hydrogen-bond donors (Lipinski definition) is 9. The van der Waals surface area contributed by atoms with Gasteiger partial charge in [0.2, 0.25) is 17.7 Å². The van der Waals surface area contributed by atoms with Crippen LogP contribution in [0.25, 0.3) is 0 Å². The van der Waals surface area contributed by atoms with Gasteiger partial charge in [0.1, 0.15) is 18.1 Å². The number of carbonyl (C=O) groups excluding carboxylic acids is 3. The summed E-state index contributed by atoms with van der Waals surface area (Å²) in [4.78, 5) is 52.1. The second kappa shape index (κ2) is 14.9. The first-order valence-electron chi connectivity index (χ1n) is 10.1. The minimum atomic E-state index is -1.61. The number of nitrogens with one attached hydrogen (secondary N) is 3. The van der Waals surface area contributed by atoms with Crippen LogP contribution < -0.4 is 33.2 Å². The summed E-state index contributed by atoms with van der Waals surface area (Å²) in [6.07, 6.45) is 1.03. The van der Waals surface area contributed by atoms with E-state index in [0.717, 1.165) is 0 Å². The van der Waals surface area contributed by atoms with Crippen molar-refractivity contribution >= 4 is 29.7 Å². The fourth-order valence-electron chi connectivity index (χ4n) is 2.48. The van der Waals surface area contributed by atoms with Crippen LogP contribution in [0.3, 0.4) is 0 Å². The lowest BCUT2D eigenvalue weighted by atomic mass is 9.98. The van der Waals surface area contributed by atoms with Crippen LogP contribution in [0, 0.1) is 5.92 Å². The molecule has 5 atom stereocenters. The van der Waals surface area contributed by atoms with Gasteiger partial charge in [-0.1, -0.05) is 20.3 Å². The van der Waals surface area contributed by atoms with E-state index in [1.165, 1.54) is 0 Å². The van der Waals surface area contributed by atoms with Crippen molar-refractivity contribution in [3.05, 3.63) is 0 Å². The Morgan fingerprint density at radius 3 is 1.88 bits per heavy atom. The SMILES string of the molecule is CCC(C)C(N)C(=O)NC(CCCN=C(N)N)C(=O)NC(CO)C(=O)NC(CO)C(=O)O. The Morgan fingerprint density at radius 1 is 0.906 bits per heavy atom. The highest BCUT2D eigenvalue weighted by Crippen LogP contribution is 2.07. The van der Waals surface area contributed by atoms with E-state index in [9.17, 15) is 24.3 Å². The van der Waals surface area contributed by atoms with Gasteiger partial charge in [-0.3, -0.25) is 19.4 Å². The van der Waals surface area contributed by atoms with Gasteiger partial charge in [-0.25, -0.2) is 4.79 Å². The van der Waals surface area contributed by atoms with Crippen LogP contribution in [-0.4, -0.2) is 88.9 Å². The molecule has 12 N–H and O–H groups in total. The number of aliphatic hydroxyl groups is 2. The normalized spacial score (nSPS) is 15.4. The summed E-state index contributed by atoms with van der Waals surface area (Å²) in [7, 11) is 0. The van der Waals surface area contributed by atoms with Crippen LogP contribution in [0.4, 0.5) is 0 Å². The predicted octanol–water partition coefficient (Wildman–Crippen LogP) is -4.06. The first kappa shape index (κ1) is 29.0. The summed E-state index contributed by atoms with van der Waals surface area (Å²) >= 11 is 0. The van der Waals surface area contributed by atoms with E-state index in [4.69, 9.17) is 27.4 Å². The monoisotopic (exact) mass is 461 g/mol. The van der Waals surface area contributed by atoms with Crippen LogP contribution >= 0.6 is 0 Å². The van der Waals surface area contributed by atoms with Gasteiger partial charge in [0.05, 0.1) is 19.3 Å². The predicted molar refractivity (Wildman–Crippen MR) is 115 cm³/mol. The molecular weight excluding hydrogens is 426 g/mol. The number of nitrogens with zero attached hydrogens (tertiary/aromatic N) is 1. The molecule has 14 heteroatoms. The number of guanidine groups is 1. The van der Waals surface area contributed by atoms with Crippen molar-refractivity contribution in [2.45, 2.75) is 57.3 Å². The summed E-state index contributed by atoms with van der Waals surface area (Å²) in [6.45, 7) is 2.09. The maximum Gasteiger partial charge on any atom is 0.328 e. The number of carboxylic acids is 1. The summed E-state index contributed by atoms with van der Waals surface area (Å²) < 4.78 is 0. The summed E-state index contributed by atoms with van der Waals surface area (Å²) in [6, 6.07) is -5.12. The third-order valence-corrected chi connectivity index (χ3v) is 4.75. The number of carboxylic acid groups (broad SMARTS) is 1. The Hall–Kier alpha value is -2.97. The summed E-state index contributed by atoms with van der Waals surface area (Å²) in [5, 5.41) is 34.2. The van der Waals surface area contributed by atoms with Gasteiger partial charge in [-0.05, 0) is 18.8 Å². The van der Waals surface area contributed by atoms with Gasteiger partial charge in [0.15, 0.2) is 5.96 Å². The molecule has 0 aliphatic carbocycles. The molecule has 0 aromatic heterocycles. The van der Waals surface area contributed by atoms with Gasteiger partial charge in [-0.2, -0.15) is 0 Å². The molecule has 3 amide bonds. The minimum Gasteiger partial charge on any atom is -0.480 e. The van der Waals surface area contributed by atoms with Gasteiger partial charge < -0.3 is 48.5 Å². The number of hydrogen-bond acceptors (Lipinski definition) is 8. The number of rotatable bonds is 15. The molecule has 0 heterocycles. The van der Waals surface area contributed by atoms with E-state index in [-0.39, 0.29) is 24.8 Å². The molecule has 0 aromatic rings. The highest BCUT2D eigenvalue weighted by Gasteiger charge is 2.30. The molecule has 0 spiro atoms. The molecule has 0 fully saturated rings. The third-order valence-electron chi connectivity index (χ3n) is 4.75. The second-order valence-electron chi connectivity index (χ2n) is 7.25. The van der Waals surface area contributed by atoms with Crippen LogP contribution in [0.15, 0.2) is 4.99 Å². The van der Waals surface area contributed by atoms with Gasteiger partial charge in [-0.15, -0.1) is 0 Å². The zero-order valence-electron chi connectivity index (χ0n) is 18.3. The van der Waals surface area contributed by atoms with Crippen molar-refractivity contribution in [2.75, 3.05) is 19.8 Å². The standard InChI is InChI=1S/C18H35N7O7/c1-3-9(2)13(19)16(30)23-10(5-4-6-22-18(20)21)14(28)24-11(7-26)15(29)25-12(8-27)17(31)32/h9-13,26-27H,3-8,19H2,1-2H3,(H,23,30)(H,24,28)(H,25,29)(H,31,32)(H4,20,21,22). The fourth-order valence-corrected chi connectivity index (χ4v) is 2.48. The van der Waals surface area contributed by atoms with Crippen molar-refractivity contribution in [3.8, 4) is 0 Å². The fraction of sp³-hybridized carbons (Fsp3) is 0.722. The zero-order chi connectivity index (χ0) is 24.8. The number of aliphatic hydroxyl groups excluding tert-OH is 2. The first-order chi connectivity index (χ1) is 15.0. The molecule has 0 saturated heterocycles. The minimum absolute atomic E-state index is 0.0930. The zero-order valence-corrected chi connectivity index (χ0v) is 18.3. The van der Waals surface area contributed by atoms with Gasteiger partial charge in [0.25, 0.3) is 0 Å². The van der Waals surface area contributed by atoms with E-state index in [2.05, 4.69) is 15.6 Å². The van der Waals surface area contributed by atoms with Crippen molar-refractivity contribution in [1.82, 2.24) is 16.0 Å². The molecular formula is C18H35N7O7. The first-order valence-corrected chi connectivity index (χ1v) is 10.1. The molecule has 0 saturated carbocycles. The molecule has 0 aromatic carbocycles. The van der Waals surface area contributed by atoms with Crippen molar-refractivity contribution in [1.29, 1.82) is 0 Å². The average Bonchev–Trinajstić information content (AvgIpc) is 2.75. The molecule has 0 aliphatic rings. The van der Waals surface area contributed by atoms with Crippen LogP contribution in [0.1, 0.15) is 33.1 Å². The Bertz CT molecular complexity index is 670. The smallest absolute Gasteiger partial charge is 0.328 e. The summed E-state index contributed by atoms with van der Waals surface area (Å²) in [5.41, 5.74) is 16.4. The lowest BCUT2D eigenvalue weighted by Crippen LogP contribution is -2.58. The molecule has 5 unspecified atom stereocenters. The van der Waals surface area contributed by atoms with Crippen molar-refractivity contribution < 1.29 is 34.5 Å². The van der Waals surface area contributed by atoms with Crippen molar-refractivity contribution in [3.63, 3.8) is 0 Å². The molecule has 14 nitrogen and oxygen atoms in total. The maximum absolute atomic E-state index is 12.7. The number of carbonyl (C=O) groups is 4. The highest BCUT2D eigenvalue weighted by molar-refractivity contribution is 5.94. The second-order valence-corrected chi connectivity index (χ2v) is 7.25. The molecule has 0 aliphatic heterocycles. The number of amides is 3. The topological polar surface area (TPSA) is 255 Å². The Labute approximate surface area is 186 Å². The Balaban J connectivity index is 5.32. The molecule has 0 radical (unpaired) electrons. The average molecular weight is 462 g/mol. The lowest BCUT2D eigenvalue weighted by molar-refractivity contribution is -0.143. The quantitative estimate of drug-likeness (QED) is 0.0647. The van der Waals surface area contributed by atoms with E-state index in [1.54, 1.807) is 6.92 Å². The maximum atomic E-state index is 12.7. The van der Waals surface area contributed by atoms with Crippen molar-refractivity contribution in [2.24, 2.45) is 28.1 Å². The van der Waals surface area contributed by atoms with Gasteiger partial charge in [0, 0.05) is 6.54 Å². The van der Waals surface area contributed by atoms with Crippen LogP contribution in [0.2, 0.25) is 0 Å². The van der Waals surface area contributed by atoms with E-state index >= 15 is 0 Å². The van der Waals surface area contributed by atoms with Gasteiger partial charge >= 0.3 is 5.97 Å². The summed E-state index contributed by atoms with van der Waals surface area (Å²) in [5.74, 6) is -4.18. The van der Waals surface area contributed by atoms with E-state index in [0.29, 0.717) is 12.8 Å². The lowest BCUT2D eigenvalue weighted by Gasteiger charge is -2.25. The molecule has 0 bridgehead atoms. The largest absolute Gasteiger partial charge is 0.480 e.